The molecule has 0 aliphatic carbocycles. The molecule has 0 atom stereocenters. The number of carboxylic acid groups (broad SMARTS) is 1. The predicted octanol–water partition coefficient (Wildman–Crippen LogP) is 4.81. The number of para-hydroxylation sites is 1. The lowest BCUT2D eigenvalue weighted by Crippen LogP contribution is -2.29. The topological polar surface area (TPSA) is 57.6 Å². The van der Waals surface area contributed by atoms with E-state index < -0.39 is 23.6 Å². The van der Waals surface area contributed by atoms with Gasteiger partial charge in [-0.2, -0.15) is 13.2 Å². The number of thioether (sulfide) groups is 1. The summed E-state index contributed by atoms with van der Waals surface area (Å²) in [5, 5.41) is 9.03. The first-order chi connectivity index (χ1) is 12.7. The van der Waals surface area contributed by atoms with Crippen LogP contribution in [0.3, 0.4) is 0 Å². The minimum atomic E-state index is -4.64. The van der Waals surface area contributed by atoms with Crippen molar-refractivity contribution in [2.24, 2.45) is 0 Å². The third kappa shape index (κ3) is 3.88. The van der Waals surface area contributed by atoms with Gasteiger partial charge in [0.25, 0.3) is 5.91 Å². The van der Waals surface area contributed by atoms with Crippen molar-refractivity contribution in [3.8, 4) is 0 Å². The van der Waals surface area contributed by atoms with E-state index in [1.807, 2.05) is 0 Å². The lowest BCUT2D eigenvalue weighted by molar-refractivity contribution is -0.137. The van der Waals surface area contributed by atoms with Crippen molar-refractivity contribution < 1.29 is 27.9 Å². The Morgan fingerprint density at radius 3 is 2.52 bits per heavy atom. The van der Waals surface area contributed by atoms with E-state index in [0.29, 0.717) is 5.56 Å². The Morgan fingerprint density at radius 1 is 1.15 bits per heavy atom. The van der Waals surface area contributed by atoms with Crippen LogP contribution >= 0.6 is 24.0 Å². The largest absolute Gasteiger partial charge is 0.478 e. The zero-order chi connectivity index (χ0) is 19.8. The second-order valence-electron chi connectivity index (χ2n) is 5.46. The molecule has 1 aliphatic heterocycles. The predicted molar refractivity (Wildman–Crippen MR) is 100 cm³/mol. The highest BCUT2D eigenvalue weighted by Crippen LogP contribution is 2.42. The first-order valence-electron chi connectivity index (χ1n) is 7.46. The number of rotatable bonds is 3. The fourth-order valence-corrected chi connectivity index (χ4v) is 3.78. The molecule has 1 fully saturated rings. The van der Waals surface area contributed by atoms with Crippen LogP contribution in [0.2, 0.25) is 0 Å². The first-order valence-corrected chi connectivity index (χ1v) is 8.68. The van der Waals surface area contributed by atoms with Crippen LogP contribution in [0.25, 0.3) is 6.08 Å². The number of halogens is 3. The summed E-state index contributed by atoms with van der Waals surface area (Å²) in [7, 11) is 0. The standard InChI is InChI=1S/C18H10F3NO3S2/c19-18(20,21)12-6-1-2-7-13(12)22-15(23)14(27-17(22)26)9-10-4-3-5-11(8-10)16(24)25/h1-9H,(H,24,25)/b14-9-. The van der Waals surface area contributed by atoms with Gasteiger partial charge in [0, 0.05) is 0 Å². The van der Waals surface area contributed by atoms with E-state index in [4.69, 9.17) is 17.3 Å². The summed E-state index contributed by atoms with van der Waals surface area (Å²) in [5.74, 6) is -1.82. The molecule has 2 aromatic rings. The Bertz CT molecular complexity index is 986. The van der Waals surface area contributed by atoms with Gasteiger partial charge in [-0.25, -0.2) is 4.79 Å². The maximum atomic E-state index is 13.3. The molecule has 1 amide bonds. The van der Waals surface area contributed by atoms with Crippen molar-refractivity contribution in [3.05, 3.63) is 70.1 Å². The summed E-state index contributed by atoms with van der Waals surface area (Å²) in [6, 6.07) is 10.5. The number of thiocarbonyl (C=S) groups is 1. The highest BCUT2D eigenvalue weighted by atomic mass is 32.2. The van der Waals surface area contributed by atoms with Crippen molar-refractivity contribution in [1.29, 1.82) is 0 Å². The number of hydrogen-bond donors (Lipinski definition) is 1. The molecule has 27 heavy (non-hydrogen) atoms. The second-order valence-corrected chi connectivity index (χ2v) is 7.14. The monoisotopic (exact) mass is 409 g/mol. The maximum Gasteiger partial charge on any atom is 0.418 e. The highest BCUT2D eigenvalue weighted by molar-refractivity contribution is 8.27. The van der Waals surface area contributed by atoms with Crippen LogP contribution in [0.5, 0.6) is 0 Å². The lowest BCUT2D eigenvalue weighted by Gasteiger charge is -2.20. The summed E-state index contributed by atoms with van der Waals surface area (Å²) in [4.78, 5) is 24.7. The van der Waals surface area contributed by atoms with Crippen molar-refractivity contribution in [1.82, 2.24) is 0 Å². The van der Waals surface area contributed by atoms with E-state index in [1.165, 1.54) is 42.5 Å². The van der Waals surface area contributed by atoms with Gasteiger partial charge in [0.2, 0.25) is 0 Å². The van der Waals surface area contributed by atoms with E-state index in [2.05, 4.69) is 0 Å². The van der Waals surface area contributed by atoms with Gasteiger partial charge in [-0.15, -0.1) is 0 Å². The van der Waals surface area contributed by atoms with E-state index in [1.54, 1.807) is 6.07 Å². The molecule has 0 saturated carbocycles. The minimum Gasteiger partial charge on any atom is -0.478 e. The Hall–Kier alpha value is -2.65. The average Bonchev–Trinajstić information content (AvgIpc) is 2.88. The zero-order valence-corrected chi connectivity index (χ0v) is 15.0. The number of nitrogens with zero attached hydrogens (tertiary/aromatic N) is 1. The van der Waals surface area contributed by atoms with Crippen LogP contribution < -0.4 is 4.90 Å². The first kappa shape index (κ1) is 19.1. The average molecular weight is 409 g/mol. The maximum absolute atomic E-state index is 13.3. The third-order valence-electron chi connectivity index (χ3n) is 3.68. The van der Waals surface area contributed by atoms with Crippen LogP contribution in [-0.4, -0.2) is 21.3 Å². The van der Waals surface area contributed by atoms with Crippen LogP contribution in [0.4, 0.5) is 18.9 Å². The number of alkyl halides is 3. The summed E-state index contributed by atoms with van der Waals surface area (Å²) in [6.45, 7) is 0. The van der Waals surface area contributed by atoms with Crippen LogP contribution in [0, 0.1) is 0 Å². The molecule has 3 rings (SSSR count). The molecule has 0 aromatic heterocycles. The van der Waals surface area contributed by atoms with Gasteiger partial charge in [0.1, 0.15) is 0 Å². The smallest absolute Gasteiger partial charge is 0.418 e. The molecule has 1 N–H and O–H groups in total. The van der Waals surface area contributed by atoms with Gasteiger partial charge in [-0.05, 0) is 35.9 Å². The Morgan fingerprint density at radius 2 is 1.85 bits per heavy atom. The minimum absolute atomic E-state index is 0.0293. The molecule has 0 spiro atoms. The number of benzene rings is 2. The van der Waals surface area contributed by atoms with E-state index in [0.717, 1.165) is 22.7 Å². The molecule has 2 aromatic carbocycles. The van der Waals surface area contributed by atoms with Crippen LogP contribution in [-0.2, 0) is 11.0 Å². The molecular weight excluding hydrogens is 399 g/mol. The number of carbonyl (C=O) groups excluding carboxylic acids is 1. The van der Waals surface area contributed by atoms with Crippen molar-refractivity contribution >= 4 is 51.9 Å². The lowest BCUT2D eigenvalue weighted by atomic mass is 10.1. The number of carbonyl (C=O) groups is 2. The molecule has 0 bridgehead atoms. The quantitative estimate of drug-likeness (QED) is 0.583. The molecule has 1 saturated heterocycles. The fraction of sp³-hybridized carbons (Fsp3) is 0.0556. The molecular formula is C18H10F3NO3S2. The van der Waals surface area contributed by atoms with Crippen molar-refractivity contribution in [3.63, 3.8) is 0 Å². The van der Waals surface area contributed by atoms with Crippen molar-refractivity contribution in [2.75, 3.05) is 4.90 Å². The van der Waals surface area contributed by atoms with Gasteiger partial charge in [-0.3, -0.25) is 9.69 Å². The summed E-state index contributed by atoms with van der Waals surface area (Å²) < 4.78 is 39.8. The van der Waals surface area contributed by atoms with E-state index in [-0.39, 0.29) is 20.5 Å². The summed E-state index contributed by atoms with van der Waals surface area (Å²) in [5.41, 5.74) is -0.841. The van der Waals surface area contributed by atoms with Crippen LogP contribution in [0.1, 0.15) is 21.5 Å². The molecule has 0 unspecified atom stereocenters. The van der Waals surface area contributed by atoms with Crippen LogP contribution in [0.15, 0.2) is 53.4 Å². The van der Waals surface area contributed by atoms with Crippen molar-refractivity contribution in [2.45, 2.75) is 6.18 Å². The molecule has 138 valence electrons. The Balaban J connectivity index is 2.00. The van der Waals surface area contributed by atoms with Gasteiger partial charge >= 0.3 is 12.1 Å². The summed E-state index contributed by atoms with van der Waals surface area (Å²) >= 11 is 5.97. The number of carboxylic acids is 1. The number of hydrogen-bond acceptors (Lipinski definition) is 4. The normalized spacial score (nSPS) is 16.3. The number of anilines is 1. The molecule has 1 heterocycles. The van der Waals surface area contributed by atoms with Gasteiger partial charge in [-0.1, -0.05) is 48.2 Å². The van der Waals surface area contributed by atoms with Gasteiger partial charge in [0.15, 0.2) is 4.32 Å². The fourth-order valence-electron chi connectivity index (χ4n) is 2.50. The van der Waals surface area contributed by atoms with E-state index in [9.17, 15) is 22.8 Å². The highest BCUT2D eigenvalue weighted by Gasteiger charge is 2.40. The molecule has 9 heteroatoms. The van der Waals surface area contributed by atoms with E-state index >= 15 is 0 Å². The summed E-state index contributed by atoms with van der Waals surface area (Å²) in [6.07, 6.45) is -3.23. The Labute approximate surface area is 161 Å². The molecule has 0 radical (unpaired) electrons. The molecule has 1 aliphatic rings. The van der Waals surface area contributed by atoms with Gasteiger partial charge in [0.05, 0.1) is 21.7 Å². The third-order valence-corrected chi connectivity index (χ3v) is 4.98. The zero-order valence-electron chi connectivity index (χ0n) is 13.4. The SMILES string of the molecule is O=C(O)c1cccc(/C=C2\SC(=S)N(c3ccccc3C(F)(F)F)C2=O)c1. The molecule has 4 nitrogen and oxygen atoms in total. The van der Waals surface area contributed by atoms with Gasteiger partial charge < -0.3 is 5.11 Å². The second kappa shape index (κ2) is 7.16. The number of amides is 1. The Kier molecular flexibility index (Phi) is 5.07. The number of aromatic carboxylic acids is 1.